The van der Waals surface area contributed by atoms with E-state index in [-0.39, 0.29) is 12.4 Å². The van der Waals surface area contributed by atoms with E-state index in [4.69, 9.17) is 4.74 Å². The molecule has 2 N–H and O–H groups in total. The monoisotopic (exact) mass is 418 g/mol. The summed E-state index contributed by atoms with van der Waals surface area (Å²) in [6.45, 7) is 2.26. The highest BCUT2D eigenvalue weighted by Crippen LogP contribution is 2.44. The largest absolute Gasteiger partial charge is 0.466 e. The Morgan fingerprint density at radius 3 is 1.96 bits per heavy atom. The summed E-state index contributed by atoms with van der Waals surface area (Å²) in [6.07, 6.45) is 9.67. The van der Waals surface area contributed by atoms with Crippen molar-refractivity contribution in [3.05, 3.63) is 46.0 Å². The number of aryl methyl sites for hydroxylation is 4. The minimum absolute atomic E-state index is 0.176. The van der Waals surface area contributed by atoms with Gasteiger partial charge in [-0.05, 0) is 81.5 Å². The molecule has 0 bridgehead atoms. The summed E-state index contributed by atoms with van der Waals surface area (Å²) >= 11 is 3.96. The summed E-state index contributed by atoms with van der Waals surface area (Å²) < 4.78 is 4.70. The smallest absolute Gasteiger partial charge is 0.308 e. The summed E-state index contributed by atoms with van der Waals surface area (Å²) in [5.74, 6) is -0.176. The van der Waals surface area contributed by atoms with E-state index in [0.717, 1.165) is 37.1 Å². The molecule has 2 aromatic heterocycles. The molecule has 2 aliphatic rings. The normalized spacial score (nSPS) is 16.8. The molecule has 2 heterocycles. The van der Waals surface area contributed by atoms with Gasteiger partial charge < -0.3 is 14.7 Å². The third-order valence-corrected chi connectivity index (χ3v) is 6.91. The van der Waals surface area contributed by atoms with Gasteiger partial charge in [0.25, 0.3) is 0 Å². The first-order valence-electron chi connectivity index (χ1n) is 9.87. The van der Waals surface area contributed by atoms with Crippen LogP contribution < -0.4 is 0 Å². The molecule has 4 rings (SSSR count). The van der Waals surface area contributed by atoms with Gasteiger partial charge in [0.15, 0.2) is 0 Å². The Labute approximate surface area is 163 Å². The number of hydrogen-bond donors (Lipinski definition) is 2. The van der Waals surface area contributed by atoms with Crippen LogP contribution in [0.25, 0.3) is 0 Å². The SMILES string of the molecule is CCOC(=O)CC(Br)(c1cc2c([nH]1)CCCC2)c1cc2c([nH]1)CCCC2. The van der Waals surface area contributed by atoms with Gasteiger partial charge in [-0.2, -0.15) is 0 Å². The van der Waals surface area contributed by atoms with Crippen LogP contribution in [0.4, 0.5) is 0 Å². The number of aromatic nitrogens is 2. The molecule has 0 amide bonds. The van der Waals surface area contributed by atoms with Crippen molar-refractivity contribution in [2.45, 2.75) is 69.0 Å². The molecule has 0 saturated heterocycles. The predicted octanol–water partition coefficient (Wildman–Crippen LogP) is 4.69. The zero-order valence-electron chi connectivity index (χ0n) is 15.4. The fourth-order valence-electron chi connectivity index (χ4n) is 4.38. The number of rotatable bonds is 5. The van der Waals surface area contributed by atoms with Crippen LogP contribution in [0, 0.1) is 0 Å². The maximum atomic E-state index is 12.4. The highest BCUT2D eigenvalue weighted by molar-refractivity contribution is 9.09. The van der Waals surface area contributed by atoms with Crippen molar-refractivity contribution in [1.29, 1.82) is 0 Å². The van der Waals surface area contributed by atoms with Crippen LogP contribution in [-0.2, 0) is 39.5 Å². The Kier molecular flexibility index (Phi) is 5.00. The van der Waals surface area contributed by atoms with Crippen LogP contribution in [0.3, 0.4) is 0 Å². The van der Waals surface area contributed by atoms with Crippen LogP contribution >= 0.6 is 15.9 Å². The van der Waals surface area contributed by atoms with Gasteiger partial charge in [0, 0.05) is 22.8 Å². The van der Waals surface area contributed by atoms with E-state index in [9.17, 15) is 4.79 Å². The number of alkyl halides is 1. The fourth-order valence-corrected chi connectivity index (χ4v) is 5.04. The van der Waals surface area contributed by atoms with Crippen molar-refractivity contribution in [2.75, 3.05) is 6.61 Å². The third-order valence-electron chi connectivity index (χ3n) is 5.78. The number of hydrogen-bond acceptors (Lipinski definition) is 2. The first-order valence-corrected chi connectivity index (χ1v) is 10.7. The summed E-state index contributed by atoms with van der Waals surface area (Å²) in [5, 5.41) is 0. The van der Waals surface area contributed by atoms with E-state index >= 15 is 0 Å². The van der Waals surface area contributed by atoms with Gasteiger partial charge in [0.1, 0.15) is 4.32 Å². The van der Waals surface area contributed by atoms with Gasteiger partial charge in [-0.15, -0.1) is 0 Å². The molecule has 26 heavy (non-hydrogen) atoms. The minimum Gasteiger partial charge on any atom is -0.466 e. The van der Waals surface area contributed by atoms with E-state index in [1.54, 1.807) is 0 Å². The van der Waals surface area contributed by atoms with Gasteiger partial charge >= 0.3 is 5.97 Å². The molecule has 0 spiro atoms. The maximum Gasteiger partial charge on any atom is 0.308 e. The quantitative estimate of drug-likeness (QED) is 0.546. The second-order valence-corrected chi connectivity index (χ2v) is 8.92. The van der Waals surface area contributed by atoms with Crippen LogP contribution in [0.15, 0.2) is 12.1 Å². The first kappa shape index (κ1) is 17.9. The average molecular weight is 419 g/mol. The standard InChI is InChI=1S/C21H27BrN2O2/c1-2-26-20(25)13-21(22,18-11-14-7-3-5-9-16(14)23-18)19-12-15-8-4-6-10-17(15)24-19/h11-12,23-24H,2-10,13H2,1H3. The number of aromatic amines is 2. The van der Waals surface area contributed by atoms with Crippen molar-refractivity contribution in [3.63, 3.8) is 0 Å². The minimum atomic E-state index is -0.589. The number of esters is 1. The molecule has 0 aliphatic heterocycles. The van der Waals surface area contributed by atoms with Gasteiger partial charge in [-0.3, -0.25) is 4.79 Å². The molecule has 2 aromatic rings. The Balaban J connectivity index is 1.75. The van der Waals surface area contributed by atoms with E-state index in [1.807, 2.05) is 6.92 Å². The molecule has 0 fully saturated rings. The van der Waals surface area contributed by atoms with Crippen LogP contribution in [0.5, 0.6) is 0 Å². The molecule has 0 aromatic carbocycles. The summed E-state index contributed by atoms with van der Waals surface area (Å²) in [6, 6.07) is 4.50. The number of halogens is 1. The van der Waals surface area contributed by atoms with Crippen molar-refractivity contribution in [2.24, 2.45) is 0 Å². The van der Waals surface area contributed by atoms with Crippen molar-refractivity contribution < 1.29 is 9.53 Å². The Hall–Kier alpha value is -1.49. The molecule has 0 radical (unpaired) electrons. The lowest BCUT2D eigenvalue weighted by Gasteiger charge is -2.25. The maximum absolute atomic E-state index is 12.4. The van der Waals surface area contributed by atoms with Gasteiger partial charge in [0.05, 0.1) is 13.0 Å². The molecule has 2 aliphatic carbocycles. The summed E-state index contributed by atoms with van der Waals surface area (Å²) in [4.78, 5) is 19.7. The molecule has 0 atom stereocenters. The molecule has 5 heteroatoms. The van der Waals surface area contributed by atoms with E-state index in [2.05, 4.69) is 38.0 Å². The third kappa shape index (κ3) is 3.26. The van der Waals surface area contributed by atoms with E-state index in [0.29, 0.717) is 6.61 Å². The van der Waals surface area contributed by atoms with Crippen LogP contribution in [0.2, 0.25) is 0 Å². The van der Waals surface area contributed by atoms with Crippen LogP contribution in [0.1, 0.15) is 72.9 Å². The number of fused-ring (bicyclic) bond motifs is 2. The second-order valence-electron chi connectivity index (χ2n) is 7.57. The summed E-state index contributed by atoms with van der Waals surface area (Å²) in [5.41, 5.74) is 7.59. The first-order chi connectivity index (χ1) is 12.6. The second kappa shape index (κ2) is 7.26. The molecule has 0 saturated carbocycles. The average Bonchev–Trinajstić information content (AvgIpc) is 3.26. The number of carbonyl (C=O) groups excluding carboxylic acids is 1. The Morgan fingerprint density at radius 1 is 1.00 bits per heavy atom. The molecule has 4 nitrogen and oxygen atoms in total. The number of carbonyl (C=O) groups is 1. The molecule has 140 valence electrons. The Morgan fingerprint density at radius 2 is 1.50 bits per heavy atom. The van der Waals surface area contributed by atoms with Crippen molar-refractivity contribution in [1.82, 2.24) is 9.97 Å². The molecular weight excluding hydrogens is 392 g/mol. The van der Waals surface area contributed by atoms with Gasteiger partial charge in [-0.25, -0.2) is 0 Å². The fraction of sp³-hybridized carbons (Fsp3) is 0.571. The van der Waals surface area contributed by atoms with Crippen molar-refractivity contribution >= 4 is 21.9 Å². The highest BCUT2D eigenvalue weighted by atomic mass is 79.9. The van der Waals surface area contributed by atoms with Crippen LogP contribution in [-0.4, -0.2) is 22.5 Å². The van der Waals surface area contributed by atoms with E-state index in [1.165, 1.54) is 48.2 Å². The number of H-pyrrole nitrogens is 2. The predicted molar refractivity (Wildman–Crippen MR) is 106 cm³/mol. The van der Waals surface area contributed by atoms with Gasteiger partial charge in [-0.1, -0.05) is 15.9 Å². The van der Waals surface area contributed by atoms with E-state index < -0.39 is 4.32 Å². The topological polar surface area (TPSA) is 57.9 Å². The zero-order chi connectivity index (χ0) is 18.1. The summed E-state index contributed by atoms with van der Waals surface area (Å²) in [7, 11) is 0. The lowest BCUT2D eigenvalue weighted by Crippen LogP contribution is -2.26. The van der Waals surface area contributed by atoms with Crippen molar-refractivity contribution in [3.8, 4) is 0 Å². The zero-order valence-corrected chi connectivity index (χ0v) is 17.0. The van der Waals surface area contributed by atoms with Gasteiger partial charge in [0.2, 0.25) is 0 Å². The molecular formula is C21H27BrN2O2. The highest BCUT2D eigenvalue weighted by Gasteiger charge is 2.39. The lowest BCUT2D eigenvalue weighted by atomic mass is 9.94. The number of nitrogens with one attached hydrogen (secondary N) is 2. The lowest BCUT2D eigenvalue weighted by molar-refractivity contribution is -0.143. The molecule has 0 unspecified atom stereocenters. The number of ether oxygens (including phenoxy) is 1. The Bertz CT molecular complexity index is 704.